The topological polar surface area (TPSA) is 77.1 Å². The third-order valence-corrected chi connectivity index (χ3v) is 6.14. The molecule has 11 heteroatoms. The number of hydrogen-bond acceptors (Lipinski definition) is 4. The van der Waals surface area contributed by atoms with Crippen molar-refractivity contribution in [1.82, 2.24) is 24.4 Å². The van der Waals surface area contributed by atoms with Gasteiger partial charge in [0.2, 0.25) is 0 Å². The number of aromatic nitrogens is 5. The van der Waals surface area contributed by atoms with Crippen molar-refractivity contribution in [3.63, 3.8) is 0 Å². The highest BCUT2D eigenvalue weighted by Gasteiger charge is 2.35. The Morgan fingerprint density at radius 1 is 0.923 bits per heavy atom. The van der Waals surface area contributed by atoms with Gasteiger partial charge in [-0.25, -0.2) is 13.9 Å². The van der Waals surface area contributed by atoms with Crippen molar-refractivity contribution in [3.8, 4) is 11.3 Å². The maximum atomic E-state index is 14.0. The summed E-state index contributed by atoms with van der Waals surface area (Å²) in [5.41, 5.74) is 0.310. The largest absolute Gasteiger partial charge is 0.433 e. The normalized spacial score (nSPS) is 11.8. The number of nitrogens with zero attached hydrogens (tertiary/aromatic N) is 5. The lowest BCUT2D eigenvalue weighted by molar-refractivity contribution is -0.142. The highest BCUT2D eigenvalue weighted by Crippen LogP contribution is 2.33. The zero-order valence-electron chi connectivity index (χ0n) is 20.0. The van der Waals surface area contributed by atoms with E-state index in [4.69, 9.17) is 0 Å². The van der Waals surface area contributed by atoms with Gasteiger partial charge in [-0.2, -0.15) is 23.4 Å². The number of benzene rings is 3. The number of carbonyl (C=O) groups excluding carboxylic acids is 1. The van der Waals surface area contributed by atoms with Crippen molar-refractivity contribution in [2.24, 2.45) is 0 Å². The Labute approximate surface area is 218 Å². The minimum Gasteiger partial charge on any atom is -0.318 e. The molecule has 194 valence electrons. The van der Waals surface area contributed by atoms with Crippen molar-refractivity contribution < 1.29 is 22.4 Å². The molecule has 1 N–H and O–H groups in total. The lowest BCUT2D eigenvalue weighted by atomic mass is 10.0. The second kappa shape index (κ2) is 9.35. The molecular formula is C28H18F4N6O. The summed E-state index contributed by atoms with van der Waals surface area (Å²) in [6.07, 6.45) is -1.79. The van der Waals surface area contributed by atoms with E-state index in [1.54, 1.807) is 30.5 Å². The number of carbonyl (C=O) groups is 1. The third-order valence-electron chi connectivity index (χ3n) is 6.14. The summed E-state index contributed by atoms with van der Waals surface area (Å²) >= 11 is 0. The molecule has 0 radical (unpaired) electrons. The van der Waals surface area contributed by atoms with Crippen LogP contribution in [0.25, 0.3) is 27.7 Å². The summed E-state index contributed by atoms with van der Waals surface area (Å²) < 4.78 is 57.3. The van der Waals surface area contributed by atoms with Gasteiger partial charge in [-0.3, -0.25) is 9.48 Å². The second-order valence-corrected chi connectivity index (χ2v) is 8.89. The fourth-order valence-electron chi connectivity index (χ4n) is 4.27. The van der Waals surface area contributed by atoms with Gasteiger partial charge in [-0.1, -0.05) is 48.5 Å². The van der Waals surface area contributed by atoms with E-state index in [2.05, 4.69) is 20.5 Å². The quantitative estimate of drug-likeness (QED) is 0.269. The van der Waals surface area contributed by atoms with Gasteiger partial charge in [0.1, 0.15) is 5.82 Å². The lowest BCUT2D eigenvalue weighted by Gasteiger charge is -2.11. The van der Waals surface area contributed by atoms with Crippen LogP contribution in [0.3, 0.4) is 0 Å². The maximum Gasteiger partial charge on any atom is 0.433 e. The van der Waals surface area contributed by atoms with E-state index < -0.39 is 17.8 Å². The van der Waals surface area contributed by atoms with Gasteiger partial charge >= 0.3 is 6.18 Å². The van der Waals surface area contributed by atoms with E-state index in [9.17, 15) is 22.4 Å². The molecule has 0 fully saturated rings. The van der Waals surface area contributed by atoms with E-state index in [1.807, 2.05) is 30.3 Å². The zero-order chi connectivity index (χ0) is 27.1. The molecule has 1 amide bonds. The first-order valence-corrected chi connectivity index (χ1v) is 11.8. The summed E-state index contributed by atoms with van der Waals surface area (Å²) in [5, 5.41) is 12.5. The molecule has 0 aliphatic carbocycles. The van der Waals surface area contributed by atoms with Crippen LogP contribution < -0.4 is 5.32 Å². The van der Waals surface area contributed by atoms with Crippen LogP contribution in [-0.4, -0.2) is 30.3 Å². The smallest absolute Gasteiger partial charge is 0.318 e. The fraction of sp³-hybridized carbons (Fsp3) is 0.0714. The number of hydrogen-bond donors (Lipinski definition) is 1. The first-order chi connectivity index (χ1) is 18.7. The summed E-state index contributed by atoms with van der Waals surface area (Å²) in [6.45, 7) is 0.334. The average molecular weight is 530 g/mol. The molecule has 6 aromatic rings. The summed E-state index contributed by atoms with van der Waals surface area (Å²) in [5.74, 6) is -1.07. The summed E-state index contributed by atoms with van der Waals surface area (Å²) in [6, 6.07) is 20.8. The molecule has 6 rings (SSSR count). The van der Waals surface area contributed by atoms with E-state index in [0.29, 0.717) is 22.3 Å². The van der Waals surface area contributed by atoms with Crippen LogP contribution in [0.5, 0.6) is 0 Å². The lowest BCUT2D eigenvalue weighted by Crippen LogP contribution is -2.15. The number of fused-ring (bicyclic) bond motifs is 2. The highest BCUT2D eigenvalue weighted by atomic mass is 19.4. The number of halogens is 4. The zero-order valence-corrected chi connectivity index (χ0v) is 20.0. The van der Waals surface area contributed by atoms with Crippen LogP contribution >= 0.6 is 0 Å². The van der Waals surface area contributed by atoms with Crippen molar-refractivity contribution >= 4 is 28.0 Å². The monoisotopic (exact) mass is 530 g/mol. The third kappa shape index (κ3) is 4.93. The Morgan fingerprint density at radius 3 is 2.46 bits per heavy atom. The van der Waals surface area contributed by atoms with Crippen molar-refractivity contribution in [3.05, 3.63) is 114 Å². The number of anilines is 1. The first-order valence-electron chi connectivity index (χ1n) is 11.8. The minimum atomic E-state index is -4.74. The van der Waals surface area contributed by atoms with Gasteiger partial charge in [0.05, 0.1) is 24.1 Å². The SMILES string of the molecule is O=C(Nc1cnn(Cc2ccc(F)cc2)c1)c1cc2nc(-c3ccc4ccccc4c3)cc(C(F)(F)F)n2n1. The van der Waals surface area contributed by atoms with Gasteiger partial charge in [-0.05, 0) is 40.6 Å². The number of nitrogens with one attached hydrogen (secondary N) is 1. The molecule has 3 heterocycles. The molecule has 0 saturated carbocycles. The molecule has 0 atom stereocenters. The van der Waals surface area contributed by atoms with Crippen LogP contribution in [-0.2, 0) is 12.7 Å². The molecule has 3 aromatic heterocycles. The molecule has 0 unspecified atom stereocenters. The second-order valence-electron chi connectivity index (χ2n) is 8.89. The van der Waals surface area contributed by atoms with E-state index in [0.717, 1.165) is 22.4 Å². The Hall–Kier alpha value is -5.06. The molecule has 0 aliphatic rings. The van der Waals surface area contributed by atoms with E-state index in [-0.39, 0.29) is 22.9 Å². The van der Waals surface area contributed by atoms with Crippen LogP contribution in [0.4, 0.5) is 23.2 Å². The minimum absolute atomic E-state index is 0.106. The van der Waals surface area contributed by atoms with E-state index >= 15 is 0 Å². The van der Waals surface area contributed by atoms with Gasteiger partial charge in [0, 0.05) is 17.8 Å². The predicted molar refractivity (Wildman–Crippen MR) is 137 cm³/mol. The molecule has 3 aromatic carbocycles. The van der Waals surface area contributed by atoms with Crippen molar-refractivity contribution in [1.29, 1.82) is 0 Å². The van der Waals surface area contributed by atoms with Gasteiger partial charge in [0.15, 0.2) is 17.0 Å². The van der Waals surface area contributed by atoms with Crippen LogP contribution in [0.2, 0.25) is 0 Å². The first kappa shape index (κ1) is 24.3. The Morgan fingerprint density at radius 2 is 1.69 bits per heavy atom. The summed E-state index contributed by atoms with van der Waals surface area (Å²) in [4.78, 5) is 17.2. The molecular weight excluding hydrogens is 512 g/mol. The van der Waals surface area contributed by atoms with Crippen LogP contribution in [0, 0.1) is 5.82 Å². The van der Waals surface area contributed by atoms with Crippen LogP contribution in [0.1, 0.15) is 21.7 Å². The average Bonchev–Trinajstić information content (AvgIpc) is 3.55. The Balaban J connectivity index is 1.30. The molecule has 0 spiro atoms. The van der Waals surface area contributed by atoms with Gasteiger partial charge < -0.3 is 5.32 Å². The van der Waals surface area contributed by atoms with Crippen molar-refractivity contribution in [2.75, 3.05) is 5.32 Å². The van der Waals surface area contributed by atoms with E-state index in [1.165, 1.54) is 29.1 Å². The van der Waals surface area contributed by atoms with Gasteiger partial charge in [0.25, 0.3) is 5.91 Å². The molecule has 0 saturated heterocycles. The molecule has 39 heavy (non-hydrogen) atoms. The maximum absolute atomic E-state index is 14.0. The molecule has 0 bridgehead atoms. The number of amides is 1. The number of rotatable bonds is 5. The molecule has 0 aliphatic heterocycles. The number of alkyl halides is 3. The Bertz CT molecular complexity index is 1840. The van der Waals surface area contributed by atoms with Crippen LogP contribution in [0.15, 0.2) is 91.3 Å². The van der Waals surface area contributed by atoms with Crippen molar-refractivity contribution in [2.45, 2.75) is 12.7 Å². The van der Waals surface area contributed by atoms with Gasteiger partial charge in [-0.15, -0.1) is 0 Å². The highest BCUT2D eigenvalue weighted by molar-refractivity contribution is 6.03. The molecule has 7 nitrogen and oxygen atoms in total. The standard InChI is InChI=1S/C28H18F4N6O/c29-21-9-5-17(6-10-21)15-37-16-22(14-33-37)34-27(39)24-13-26-35-23(12-25(28(30,31)32)38(26)36-24)20-8-7-18-3-1-2-4-19(18)11-20/h1-14,16H,15H2,(H,34,39). The fourth-order valence-corrected chi connectivity index (χ4v) is 4.27. The summed E-state index contributed by atoms with van der Waals surface area (Å²) in [7, 11) is 0. The predicted octanol–water partition coefficient (Wildman–Crippen LogP) is 6.20. The Kier molecular flexibility index (Phi) is 5.82.